The number of nitro groups is 1. The minimum Gasteiger partial charge on any atom is -0.493 e. The minimum absolute atomic E-state index is 0.173. The number of nitrogens with two attached hydrogens (primary N) is 1. The Labute approximate surface area is 156 Å². The highest BCUT2D eigenvalue weighted by Gasteiger charge is 2.47. The average molecular weight is 374 g/mol. The van der Waals surface area contributed by atoms with Crippen molar-refractivity contribution in [3.63, 3.8) is 0 Å². The van der Waals surface area contributed by atoms with Crippen LogP contribution in [0.3, 0.4) is 0 Å². The number of hydrogen-bond donors (Lipinski definition) is 1. The molecule has 0 unspecified atom stereocenters. The van der Waals surface area contributed by atoms with Gasteiger partial charge in [-0.25, -0.2) is 0 Å². The highest BCUT2D eigenvalue weighted by Crippen LogP contribution is 2.48. The van der Waals surface area contributed by atoms with Crippen molar-refractivity contribution >= 4 is 5.78 Å². The quantitative estimate of drug-likeness (QED) is 0.636. The van der Waals surface area contributed by atoms with E-state index in [1.807, 2.05) is 13.8 Å². The Kier molecular flexibility index (Phi) is 4.59. The third kappa shape index (κ3) is 3.22. The van der Waals surface area contributed by atoms with Crippen LogP contribution in [-0.2, 0) is 9.53 Å². The summed E-state index contributed by atoms with van der Waals surface area (Å²) in [5, 5.41) is 11.7. The van der Waals surface area contributed by atoms with Crippen LogP contribution in [0.2, 0.25) is 0 Å². The van der Waals surface area contributed by atoms with Gasteiger partial charge in [-0.05, 0) is 23.1 Å². The monoisotopic (exact) mass is 374 g/mol. The van der Waals surface area contributed by atoms with Gasteiger partial charge in [-0.2, -0.15) is 0 Å². The van der Waals surface area contributed by atoms with Crippen LogP contribution in [0.1, 0.15) is 38.2 Å². The third-order valence-corrected chi connectivity index (χ3v) is 4.86. The second kappa shape index (κ2) is 6.61. The summed E-state index contributed by atoms with van der Waals surface area (Å²) in [6.07, 6.45) is 0.757. The maximum atomic E-state index is 12.9. The number of carbonyl (C=O) groups excluding carboxylic acids is 1. The first-order valence-corrected chi connectivity index (χ1v) is 8.48. The Morgan fingerprint density at radius 1 is 1.22 bits per heavy atom. The van der Waals surface area contributed by atoms with Crippen LogP contribution in [0.4, 0.5) is 0 Å². The second-order valence-electron chi connectivity index (χ2n) is 7.43. The van der Waals surface area contributed by atoms with Crippen LogP contribution in [0, 0.1) is 15.5 Å². The molecule has 8 nitrogen and oxygen atoms in total. The molecule has 1 aromatic rings. The molecule has 0 radical (unpaired) electrons. The Morgan fingerprint density at radius 2 is 1.89 bits per heavy atom. The van der Waals surface area contributed by atoms with Crippen molar-refractivity contribution in [2.75, 3.05) is 14.2 Å². The van der Waals surface area contributed by atoms with Gasteiger partial charge < -0.3 is 19.9 Å². The largest absolute Gasteiger partial charge is 0.493 e. The van der Waals surface area contributed by atoms with E-state index in [0.717, 1.165) is 0 Å². The first-order valence-electron chi connectivity index (χ1n) is 8.48. The number of nitrogens with zero attached hydrogens (tertiary/aromatic N) is 1. The molecule has 0 saturated carbocycles. The van der Waals surface area contributed by atoms with Crippen molar-refractivity contribution in [2.24, 2.45) is 11.1 Å². The summed E-state index contributed by atoms with van der Waals surface area (Å²) >= 11 is 0. The van der Waals surface area contributed by atoms with Gasteiger partial charge in [-0.1, -0.05) is 19.9 Å². The van der Waals surface area contributed by atoms with Gasteiger partial charge in [-0.15, -0.1) is 0 Å². The fraction of sp³-hybridized carbons (Fsp3) is 0.421. The SMILES string of the molecule is COc1ccc([C@H]2C3=C(CC(C)(C)CC3=O)OC(N)=C2[N+](=O)[O-])cc1OC. The third-order valence-electron chi connectivity index (χ3n) is 4.86. The summed E-state index contributed by atoms with van der Waals surface area (Å²) in [4.78, 5) is 24.0. The van der Waals surface area contributed by atoms with Gasteiger partial charge in [0.1, 0.15) is 11.7 Å². The van der Waals surface area contributed by atoms with Crippen LogP contribution >= 0.6 is 0 Å². The lowest BCUT2D eigenvalue weighted by Crippen LogP contribution is -2.35. The van der Waals surface area contributed by atoms with E-state index in [2.05, 4.69) is 0 Å². The Hall–Kier alpha value is -3.03. The molecule has 0 bridgehead atoms. The van der Waals surface area contributed by atoms with Crippen LogP contribution in [-0.4, -0.2) is 24.9 Å². The molecule has 0 spiro atoms. The zero-order valence-electron chi connectivity index (χ0n) is 15.7. The van der Waals surface area contributed by atoms with Crippen molar-refractivity contribution in [2.45, 2.75) is 32.6 Å². The predicted molar refractivity (Wildman–Crippen MR) is 96.6 cm³/mol. The molecule has 1 aliphatic heterocycles. The van der Waals surface area contributed by atoms with E-state index in [4.69, 9.17) is 19.9 Å². The minimum atomic E-state index is -0.924. The fourth-order valence-electron chi connectivity index (χ4n) is 3.71. The van der Waals surface area contributed by atoms with E-state index < -0.39 is 10.8 Å². The van der Waals surface area contributed by atoms with Crippen molar-refractivity contribution in [3.8, 4) is 11.5 Å². The predicted octanol–water partition coefficient (Wildman–Crippen LogP) is 2.87. The number of benzene rings is 1. The van der Waals surface area contributed by atoms with Crippen LogP contribution < -0.4 is 15.2 Å². The lowest BCUT2D eigenvalue weighted by molar-refractivity contribution is -0.433. The molecule has 3 rings (SSSR count). The molecule has 27 heavy (non-hydrogen) atoms. The van der Waals surface area contributed by atoms with E-state index in [0.29, 0.717) is 34.8 Å². The Bertz CT molecular complexity index is 884. The van der Waals surface area contributed by atoms with Gasteiger partial charge in [0.15, 0.2) is 17.3 Å². The number of ketones is 1. The molecular weight excluding hydrogens is 352 g/mol. The normalized spacial score (nSPS) is 21.5. The topological polar surface area (TPSA) is 114 Å². The number of carbonyl (C=O) groups is 1. The fourth-order valence-corrected chi connectivity index (χ4v) is 3.71. The molecule has 1 atom stereocenters. The molecule has 0 aromatic heterocycles. The number of allylic oxidation sites excluding steroid dienone is 2. The summed E-state index contributed by atoms with van der Waals surface area (Å²) in [6.45, 7) is 3.90. The number of methoxy groups -OCH3 is 2. The maximum Gasteiger partial charge on any atom is 0.317 e. The van der Waals surface area contributed by atoms with Gasteiger partial charge >= 0.3 is 5.70 Å². The van der Waals surface area contributed by atoms with Crippen LogP contribution in [0.25, 0.3) is 0 Å². The molecule has 8 heteroatoms. The van der Waals surface area contributed by atoms with Gasteiger partial charge in [0.05, 0.1) is 24.7 Å². The van der Waals surface area contributed by atoms with Gasteiger partial charge in [-0.3, -0.25) is 14.9 Å². The van der Waals surface area contributed by atoms with E-state index in [-0.39, 0.29) is 29.2 Å². The number of rotatable bonds is 4. The smallest absolute Gasteiger partial charge is 0.317 e. The van der Waals surface area contributed by atoms with Crippen molar-refractivity contribution < 1.29 is 23.9 Å². The average Bonchev–Trinajstić information content (AvgIpc) is 2.58. The first-order chi connectivity index (χ1) is 12.7. The van der Waals surface area contributed by atoms with E-state index in [1.165, 1.54) is 14.2 Å². The molecular formula is C19H22N2O6. The molecule has 1 aromatic carbocycles. The zero-order chi connectivity index (χ0) is 19.9. The lowest BCUT2D eigenvalue weighted by Gasteiger charge is -2.36. The van der Waals surface area contributed by atoms with Crippen LogP contribution in [0.15, 0.2) is 41.1 Å². The van der Waals surface area contributed by atoms with Gasteiger partial charge in [0, 0.05) is 12.8 Å². The Morgan fingerprint density at radius 3 is 2.48 bits per heavy atom. The molecule has 0 saturated heterocycles. The summed E-state index contributed by atoms with van der Waals surface area (Å²) in [6, 6.07) is 4.95. The number of Topliss-reactive ketones (excluding diaryl/α,β-unsaturated/α-hetero) is 1. The van der Waals surface area contributed by atoms with E-state index in [9.17, 15) is 14.9 Å². The second-order valence-corrected chi connectivity index (χ2v) is 7.43. The van der Waals surface area contributed by atoms with Crippen molar-refractivity contribution in [3.05, 3.63) is 56.8 Å². The molecule has 0 amide bonds. The summed E-state index contributed by atoms with van der Waals surface area (Å²) in [5.74, 6) is -0.0880. The molecule has 0 fully saturated rings. The van der Waals surface area contributed by atoms with Crippen molar-refractivity contribution in [1.29, 1.82) is 0 Å². The summed E-state index contributed by atoms with van der Waals surface area (Å²) < 4.78 is 16.1. The first kappa shape index (κ1) is 18.8. The standard InChI is InChI=1S/C19H22N2O6/c1-19(2)8-11(22)16-14(9-19)27-18(20)17(21(23)24)15(16)10-5-6-12(25-3)13(7-10)26-4/h5-7,15H,8-9,20H2,1-4H3/t15-/m0/s1. The molecule has 1 aliphatic carbocycles. The summed E-state index contributed by atoms with van der Waals surface area (Å²) in [5.41, 5.74) is 6.06. The molecule has 2 aliphatic rings. The highest BCUT2D eigenvalue weighted by molar-refractivity contribution is 5.99. The van der Waals surface area contributed by atoms with Gasteiger partial charge in [0.25, 0.3) is 5.88 Å². The molecule has 1 heterocycles. The maximum absolute atomic E-state index is 12.9. The Balaban J connectivity index is 2.21. The number of hydrogen-bond acceptors (Lipinski definition) is 7. The molecule has 144 valence electrons. The zero-order valence-corrected chi connectivity index (χ0v) is 15.7. The van der Waals surface area contributed by atoms with Crippen molar-refractivity contribution in [1.82, 2.24) is 0 Å². The van der Waals surface area contributed by atoms with Gasteiger partial charge in [0.2, 0.25) is 0 Å². The van der Waals surface area contributed by atoms with Crippen LogP contribution in [0.5, 0.6) is 11.5 Å². The van der Waals surface area contributed by atoms with E-state index in [1.54, 1.807) is 18.2 Å². The number of ether oxygens (including phenoxy) is 3. The highest BCUT2D eigenvalue weighted by atomic mass is 16.6. The molecule has 2 N–H and O–H groups in total. The lowest BCUT2D eigenvalue weighted by atomic mass is 9.71. The van der Waals surface area contributed by atoms with E-state index >= 15 is 0 Å². The summed E-state index contributed by atoms with van der Waals surface area (Å²) in [7, 11) is 2.98.